The third kappa shape index (κ3) is 6.46. The van der Waals surface area contributed by atoms with Crippen LogP contribution in [-0.4, -0.2) is 54.4 Å². The van der Waals surface area contributed by atoms with Crippen molar-refractivity contribution in [1.29, 1.82) is 5.26 Å². The smallest absolute Gasteiger partial charge is 0.286 e. The van der Waals surface area contributed by atoms with E-state index in [9.17, 15) is 13.9 Å². The van der Waals surface area contributed by atoms with E-state index in [1.807, 2.05) is 31.2 Å². The van der Waals surface area contributed by atoms with Crippen LogP contribution in [0.25, 0.3) is 16.9 Å². The molecule has 0 atom stereocenters. The predicted octanol–water partition coefficient (Wildman–Crippen LogP) is 5.52. The number of hydrogen-bond acceptors (Lipinski definition) is 6. The number of carbonyl (C=O) groups is 1. The Balaban J connectivity index is 1.70. The lowest BCUT2D eigenvalue weighted by molar-refractivity contribution is 0.0792. The highest BCUT2D eigenvalue weighted by atomic mass is 35.5. The van der Waals surface area contributed by atoms with Gasteiger partial charge in [-0.25, -0.2) is 9.69 Å². The van der Waals surface area contributed by atoms with E-state index >= 15 is 0 Å². The van der Waals surface area contributed by atoms with Gasteiger partial charge in [0.1, 0.15) is 0 Å². The minimum absolute atomic E-state index is 0.206. The summed E-state index contributed by atoms with van der Waals surface area (Å²) in [5.74, 6) is 6.04. The van der Waals surface area contributed by atoms with E-state index in [0.717, 1.165) is 11.1 Å². The molecule has 0 spiro atoms. The molecule has 1 saturated heterocycles. The van der Waals surface area contributed by atoms with E-state index in [0.29, 0.717) is 52.9 Å². The summed E-state index contributed by atoms with van der Waals surface area (Å²) in [7, 11) is -2.58. The SMILES string of the molecule is Cc1c(C(=O)NN2CCS(O)(O)CC2)nn(-c2ccc(Cl)cc2Cl)c1-c1ccc(C#CCCC#N)cc1. The molecule has 0 unspecified atom stereocenters. The number of nitriles is 1. The van der Waals surface area contributed by atoms with Crippen LogP contribution in [0.15, 0.2) is 42.5 Å². The molecular weight excluding hydrogens is 533 g/mol. The van der Waals surface area contributed by atoms with Crippen molar-refractivity contribution in [2.45, 2.75) is 19.8 Å². The zero-order chi connectivity index (χ0) is 26.6. The molecule has 0 bridgehead atoms. The maximum atomic E-state index is 13.2. The lowest BCUT2D eigenvalue weighted by Gasteiger charge is -2.40. The standard InChI is InChI=1S/C26H25Cl2N5O3S/c1-18-24(26(34)31-32-13-15-37(35,36)16-14-32)30-33(23-11-10-21(27)17-22(23)28)25(18)20-8-6-19(7-9-20)5-3-2-4-12-29/h6-11,17,35-36H,2,4,13-16H2,1H3,(H,31,34). The molecule has 0 saturated carbocycles. The predicted molar refractivity (Wildman–Crippen MR) is 147 cm³/mol. The van der Waals surface area contributed by atoms with Crippen LogP contribution in [0.2, 0.25) is 10.0 Å². The van der Waals surface area contributed by atoms with E-state index in [1.165, 1.54) is 0 Å². The Morgan fingerprint density at radius 2 is 1.84 bits per heavy atom. The molecule has 1 aliphatic heterocycles. The summed E-state index contributed by atoms with van der Waals surface area (Å²) < 4.78 is 21.3. The molecule has 3 N–H and O–H groups in total. The number of hydrogen-bond donors (Lipinski definition) is 3. The second kappa shape index (κ2) is 11.6. The van der Waals surface area contributed by atoms with Gasteiger partial charge in [0.2, 0.25) is 0 Å². The zero-order valence-corrected chi connectivity index (χ0v) is 22.4. The van der Waals surface area contributed by atoms with Crippen molar-refractivity contribution in [2.24, 2.45) is 0 Å². The number of nitrogens with one attached hydrogen (secondary N) is 1. The number of rotatable bonds is 5. The maximum Gasteiger partial charge on any atom is 0.286 e. The number of nitrogens with zero attached hydrogens (tertiary/aromatic N) is 4. The van der Waals surface area contributed by atoms with Crippen molar-refractivity contribution in [3.63, 3.8) is 0 Å². The molecule has 1 aliphatic rings. The highest BCUT2D eigenvalue weighted by Crippen LogP contribution is 2.40. The van der Waals surface area contributed by atoms with Crippen molar-refractivity contribution in [3.8, 4) is 34.9 Å². The molecule has 8 nitrogen and oxygen atoms in total. The van der Waals surface area contributed by atoms with E-state index in [4.69, 9.17) is 28.5 Å². The minimum atomic E-state index is -2.58. The number of unbranched alkanes of at least 4 members (excludes halogenated alkanes) is 1. The molecule has 2 heterocycles. The molecule has 192 valence electrons. The quantitative estimate of drug-likeness (QED) is 0.281. The van der Waals surface area contributed by atoms with Crippen LogP contribution >= 0.6 is 33.8 Å². The summed E-state index contributed by atoms with van der Waals surface area (Å²) in [6.45, 7) is 2.49. The molecule has 1 aromatic heterocycles. The van der Waals surface area contributed by atoms with E-state index in [-0.39, 0.29) is 17.2 Å². The van der Waals surface area contributed by atoms with Crippen LogP contribution < -0.4 is 5.43 Å². The number of carbonyl (C=O) groups excluding carboxylic acids is 1. The Morgan fingerprint density at radius 1 is 1.14 bits per heavy atom. The minimum Gasteiger partial charge on any atom is -0.299 e. The fourth-order valence-electron chi connectivity index (χ4n) is 3.91. The first-order chi connectivity index (χ1) is 17.7. The van der Waals surface area contributed by atoms with Crippen molar-refractivity contribution in [2.75, 3.05) is 24.6 Å². The lowest BCUT2D eigenvalue weighted by Crippen LogP contribution is -2.49. The fraction of sp³-hybridized carbons (Fsp3) is 0.269. The molecule has 0 radical (unpaired) electrons. The van der Waals surface area contributed by atoms with Crippen molar-refractivity contribution in [1.82, 2.24) is 20.2 Å². The summed E-state index contributed by atoms with van der Waals surface area (Å²) in [6.07, 6.45) is 0.892. The first-order valence-electron chi connectivity index (χ1n) is 11.5. The van der Waals surface area contributed by atoms with Gasteiger partial charge in [0, 0.05) is 47.6 Å². The summed E-state index contributed by atoms with van der Waals surface area (Å²) in [4.78, 5) is 13.2. The normalized spacial score (nSPS) is 15.8. The Labute approximate surface area is 227 Å². The number of aromatic nitrogens is 2. The summed E-state index contributed by atoms with van der Waals surface area (Å²) in [6, 6.07) is 14.7. The molecule has 1 amide bonds. The maximum absolute atomic E-state index is 13.2. The van der Waals surface area contributed by atoms with Gasteiger partial charge < -0.3 is 0 Å². The van der Waals surface area contributed by atoms with Gasteiger partial charge in [0.05, 0.1) is 34.0 Å². The van der Waals surface area contributed by atoms with E-state index < -0.39 is 16.5 Å². The van der Waals surface area contributed by atoms with Gasteiger partial charge in [-0.2, -0.15) is 21.0 Å². The van der Waals surface area contributed by atoms with Gasteiger partial charge in [-0.3, -0.25) is 19.3 Å². The van der Waals surface area contributed by atoms with Crippen LogP contribution in [0.1, 0.15) is 34.5 Å². The van der Waals surface area contributed by atoms with Crippen LogP contribution in [-0.2, 0) is 0 Å². The molecule has 1 fully saturated rings. The molecule has 37 heavy (non-hydrogen) atoms. The largest absolute Gasteiger partial charge is 0.299 e. The second-order valence-corrected chi connectivity index (χ2v) is 11.8. The average molecular weight is 558 g/mol. The number of hydrazine groups is 1. The molecule has 2 aromatic carbocycles. The second-order valence-electron chi connectivity index (χ2n) is 8.51. The topological polar surface area (TPSA) is 114 Å². The summed E-state index contributed by atoms with van der Waals surface area (Å²) in [5.41, 5.74) is 6.58. The first kappa shape index (κ1) is 27.0. The van der Waals surface area contributed by atoms with Crippen molar-refractivity contribution < 1.29 is 13.9 Å². The summed E-state index contributed by atoms with van der Waals surface area (Å²) >= 11 is 12.6. The average Bonchev–Trinajstić information content (AvgIpc) is 3.20. The highest BCUT2D eigenvalue weighted by molar-refractivity contribution is 8.24. The Morgan fingerprint density at radius 3 is 2.49 bits per heavy atom. The van der Waals surface area contributed by atoms with Crippen LogP contribution in [0.5, 0.6) is 0 Å². The van der Waals surface area contributed by atoms with Crippen LogP contribution in [0, 0.1) is 30.1 Å². The molecule has 0 aliphatic carbocycles. The molecular formula is C26H25Cl2N5O3S. The van der Waals surface area contributed by atoms with Crippen molar-refractivity contribution in [3.05, 3.63) is 69.3 Å². The van der Waals surface area contributed by atoms with Gasteiger partial charge in [-0.1, -0.05) is 47.2 Å². The third-order valence-electron chi connectivity index (χ3n) is 5.86. The van der Waals surface area contributed by atoms with Gasteiger partial charge in [-0.15, -0.1) is 0 Å². The van der Waals surface area contributed by atoms with Gasteiger partial charge >= 0.3 is 0 Å². The first-order valence-corrected chi connectivity index (χ1v) is 14.1. The Bertz CT molecular complexity index is 1410. The van der Waals surface area contributed by atoms with Gasteiger partial charge in [0.25, 0.3) is 5.91 Å². The molecule has 4 rings (SSSR count). The van der Waals surface area contributed by atoms with E-state index in [2.05, 4.69) is 28.4 Å². The van der Waals surface area contributed by atoms with Crippen LogP contribution in [0.4, 0.5) is 0 Å². The van der Waals surface area contributed by atoms with Crippen LogP contribution in [0.3, 0.4) is 0 Å². The lowest BCUT2D eigenvalue weighted by atomic mass is 10.0. The zero-order valence-electron chi connectivity index (χ0n) is 20.0. The number of amides is 1. The Kier molecular flexibility index (Phi) is 8.46. The number of benzene rings is 2. The highest BCUT2D eigenvalue weighted by Gasteiger charge is 2.27. The fourth-order valence-corrected chi connectivity index (χ4v) is 5.63. The van der Waals surface area contributed by atoms with Gasteiger partial charge in [0.15, 0.2) is 5.69 Å². The summed E-state index contributed by atoms with van der Waals surface area (Å²) in [5, 5.41) is 15.8. The number of halogens is 2. The third-order valence-corrected chi connectivity index (χ3v) is 8.07. The van der Waals surface area contributed by atoms with Gasteiger partial charge in [-0.05, 0) is 37.3 Å². The Hall–Kier alpha value is -3.02. The monoisotopic (exact) mass is 557 g/mol. The molecule has 11 heteroatoms. The van der Waals surface area contributed by atoms with E-state index in [1.54, 1.807) is 27.9 Å². The van der Waals surface area contributed by atoms with Crippen molar-refractivity contribution >= 4 is 39.7 Å². The molecule has 3 aromatic rings.